The molecule has 1 aliphatic rings. The van der Waals surface area contributed by atoms with E-state index < -0.39 is 6.10 Å². The summed E-state index contributed by atoms with van der Waals surface area (Å²) in [6.07, 6.45) is 2.66. The van der Waals surface area contributed by atoms with Crippen LogP contribution in [0, 0.1) is 5.92 Å². The Morgan fingerprint density at radius 3 is 2.70 bits per heavy atom. The maximum absolute atomic E-state index is 10.2. The van der Waals surface area contributed by atoms with E-state index in [2.05, 4.69) is 5.32 Å². The summed E-state index contributed by atoms with van der Waals surface area (Å²) in [4.78, 5) is 0. The predicted octanol–water partition coefficient (Wildman–Crippen LogP) is 3.47. The molecule has 0 spiro atoms. The number of halogens is 1. The van der Waals surface area contributed by atoms with Crippen molar-refractivity contribution in [1.29, 1.82) is 0 Å². The Morgan fingerprint density at radius 2 is 1.91 bits per heavy atom. The number of aryl methyl sites for hydroxylation is 1. The Hall–Kier alpha value is -1.55. The van der Waals surface area contributed by atoms with Gasteiger partial charge in [-0.3, -0.25) is 0 Å². The average Bonchev–Trinajstić information content (AvgIpc) is 2.55. The second-order valence-electron chi connectivity index (χ2n) is 6.29. The third kappa shape index (κ3) is 4.25. The number of aliphatic hydroxyl groups is 1. The molecule has 0 saturated heterocycles. The first kappa shape index (κ1) is 16.3. The minimum atomic E-state index is -0.521. The molecule has 1 aliphatic carbocycles. The van der Waals surface area contributed by atoms with Crippen molar-refractivity contribution < 1.29 is 10.2 Å². The Labute approximate surface area is 141 Å². The van der Waals surface area contributed by atoms with Gasteiger partial charge in [-0.25, -0.2) is 0 Å². The summed E-state index contributed by atoms with van der Waals surface area (Å²) < 4.78 is 0. The summed E-state index contributed by atoms with van der Waals surface area (Å²) in [5, 5.41) is 23.9. The van der Waals surface area contributed by atoms with Crippen LogP contribution in [0.5, 0.6) is 5.75 Å². The minimum absolute atomic E-state index is 0.343. The monoisotopic (exact) mass is 331 g/mol. The van der Waals surface area contributed by atoms with Crippen molar-refractivity contribution in [2.24, 2.45) is 5.92 Å². The first-order chi connectivity index (χ1) is 11.1. The van der Waals surface area contributed by atoms with E-state index in [9.17, 15) is 10.2 Å². The number of hydrogen-bond acceptors (Lipinski definition) is 3. The molecule has 0 bridgehead atoms. The van der Waals surface area contributed by atoms with Gasteiger partial charge in [0.1, 0.15) is 5.75 Å². The molecule has 0 aliphatic heterocycles. The van der Waals surface area contributed by atoms with Crippen LogP contribution in [-0.4, -0.2) is 23.3 Å². The maximum atomic E-state index is 10.2. The average molecular weight is 332 g/mol. The normalized spacial score (nSPS) is 18.4. The third-order valence-corrected chi connectivity index (χ3v) is 4.80. The molecule has 0 aromatic heterocycles. The number of aliphatic hydroxyl groups excluding tert-OH is 1. The van der Waals surface area contributed by atoms with Crippen LogP contribution in [0.2, 0.25) is 5.02 Å². The Bertz CT molecular complexity index is 657. The Balaban J connectivity index is 1.49. The molecule has 0 heterocycles. The van der Waals surface area contributed by atoms with Crippen LogP contribution in [0.3, 0.4) is 0 Å². The van der Waals surface area contributed by atoms with Gasteiger partial charge in [0.15, 0.2) is 0 Å². The molecule has 0 radical (unpaired) electrons. The molecule has 122 valence electrons. The van der Waals surface area contributed by atoms with Crippen LogP contribution < -0.4 is 5.32 Å². The standard InChI is InChI=1S/C19H22ClNO2/c20-17-6-3-15(4-7-17)19(23)12-21-11-13-1-2-14-5-8-18(22)10-16(14)9-13/h3-8,10,13,19,21-23H,1-2,9,11-12H2. The summed E-state index contributed by atoms with van der Waals surface area (Å²) in [6, 6.07) is 13.0. The molecule has 4 heteroatoms. The zero-order valence-electron chi connectivity index (χ0n) is 13.0. The first-order valence-corrected chi connectivity index (χ1v) is 8.44. The Morgan fingerprint density at radius 1 is 1.13 bits per heavy atom. The molecule has 23 heavy (non-hydrogen) atoms. The number of fused-ring (bicyclic) bond motifs is 1. The summed E-state index contributed by atoms with van der Waals surface area (Å²) >= 11 is 5.86. The van der Waals surface area contributed by atoms with E-state index in [-0.39, 0.29) is 0 Å². The summed E-state index contributed by atoms with van der Waals surface area (Å²) in [5.74, 6) is 0.886. The molecule has 0 saturated carbocycles. The van der Waals surface area contributed by atoms with E-state index in [1.807, 2.05) is 24.3 Å². The molecule has 2 aromatic carbocycles. The molecule has 3 N–H and O–H groups in total. The summed E-state index contributed by atoms with van der Waals surface area (Å²) in [7, 11) is 0. The van der Waals surface area contributed by atoms with Crippen molar-refractivity contribution in [3.05, 3.63) is 64.2 Å². The van der Waals surface area contributed by atoms with Gasteiger partial charge in [0, 0.05) is 11.6 Å². The number of hydrogen-bond donors (Lipinski definition) is 3. The van der Waals surface area contributed by atoms with E-state index in [1.165, 1.54) is 11.1 Å². The predicted molar refractivity (Wildman–Crippen MR) is 92.9 cm³/mol. The fourth-order valence-electron chi connectivity index (χ4n) is 3.22. The first-order valence-electron chi connectivity index (χ1n) is 8.07. The van der Waals surface area contributed by atoms with Gasteiger partial charge in [-0.2, -0.15) is 0 Å². The fraction of sp³-hybridized carbons (Fsp3) is 0.368. The number of rotatable bonds is 5. The van der Waals surface area contributed by atoms with Gasteiger partial charge >= 0.3 is 0 Å². The van der Waals surface area contributed by atoms with E-state index >= 15 is 0 Å². The van der Waals surface area contributed by atoms with Gasteiger partial charge in [-0.05, 0) is 72.7 Å². The van der Waals surface area contributed by atoms with Gasteiger partial charge in [-0.1, -0.05) is 29.8 Å². The second kappa shape index (κ2) is 7.35. The van der Waals surface area contributed by atoms with E-state index in [0.717, 1.165) is 31.4 Å². The number of aromatic hydroxyl groups is 1. The van der Waals surface area contributed by atoms with E-state index in [1.54, 1.807) is 18.2 Å². The molecule has 2 aromatic rings. The van der Waals surface area contributed by atoms with Crippen molar-refractivity contribution >= 4 is 11.6 Å². The fourth-order valence-corrected chi connectivity index (χ4v) is 3.35. The lowest BCUT2D eigenvalue weighted by molar-refractivity contribution is 0.172. The van der Waals surface area contributed by atoms with Gasteiger partial charge in [0.25, 0.3) is 0 Å². The molecular formula is C19H22ClNO2. The van der Waals surface area contributed by atoms with E-state index in [4.69, 9.17) is 11.6 Å². The van der Waals surface area contributed by atoms with Crippen molar-refractivity contribution in [3.8, 4) is 5.75 Å². The minimum Gasteiger partial charge on any atom is -0.508 e. The zero-order chi connectivity index (χ0) is 16.2. The number of phenols is 1. The molecule has 0 fully saturated rings. The smallest absolute Gasteiger partial charge is 0.115 e. The zero-order valence-corrected chi connectivity index (χ0v) is 13.8. The highest BCUT2D eigenvalue weighted by Gasteiger charge is 2.19. The van der Waals surface area contributed by atoms with Gasteiger partial charge < -0.3 is 15.5 Å². The van der Waals surface area contributed by atoms with E-state index in [0.29, 0.717) is 23.2 Å². The van der Waals surface area contributed by atoms with Gasteiger partial charge in [0.05, 0.1) is 6.10 Å². The van der Waals surface area contributed by atoms with Crippen molar-refractivity contribution in [2.75, 3.05) is 13.1 Å². The lowest BCUT2D eigenvalue weighted by Crippen LogP contribution is -2.30. The summed E-state index contributed by atoms with van der Waals surface area (Å²) in [5.41, 5.74) is 3.47. The van der Waals surface area contributed by atoms with Crippen molar-refractivity contribution in [3.63, 3.8) is 0 Å². The van der Waals surface area contributed by atoms with Crippen LogP contribution >= 0.6 is 11.6 Å². The highest BCUT2D eigenvalue weighted by atomic mass is 35.5. The van der Waals surface area contributed by atoms with Crippen LogP contribution in [0.25, 0.3) is 0 Å². The number of benzene rings is 2. The number of phenolic OH excluding ortho intramolecular Hbond substituents is 1. The van der Waals surface area contributed by atoms with Crippen LogP contribution in [-0.2, 0) is 12.8 Å². The largest absolute Gasteiger partial charge is 0.508 e. The molecule has 2 unspecified atom stereocenters. The van der Waals surface area contributed by atoms with Gasteiger partial charge in [0.2, 0.25) is 0 Å². The lowest BCUT2D eigenvalue weighted by Gasteiger charge is -2.25. The van der Waals surface area contributed by atoms with Crippen LogP contribution in [0.4, 0.5) is 0 Å². The highest BCUT2D eigenvalue weighted by Crippen LogP contribution is 2.28. The maximum Gasteiger partial charge on any atom is 0.115 e. The third-order valence-electron chi connectivity index (χ3n) is 4.55. The second-order valence-corrected chi connectivity index (χ2v) is 6.72. The molecule has 3 rings (SSSR count). The lowest BCUT2D eigenvalue weighted by atomic mass is 9.84. The van der Waals surface area contributed by atoms with Crippen LogP contribution in [0.15, 0.2) is 42.5 Å². The summed E-state index contributed by atoms with van der Waals surface area (Å²) in [6.45, 7) is 1.41. The van der Waals surface area contributed by atoms with Crippen LogP contribution in [0.1, 0.15) is 29.2 Å². The Kier molecular flexibility index (Phi) is 5.21. The number of nitrogens with one attached hydrogen (secondary N) is 1. The highest BCUT2D eigenvalue weighted by molar-refractivity contribution is 6.30. The molecule has 2 atom stereocenters. The topological polar surface area (TPSA) is 52.5 Å². The van der Waals surface area contributed by atoms with Gasteiger partial charge in [-0.15, -0.1) is 0 Å². The molecule has 0 amide bonds. The quantitative estimate of drug-likeness (QED) is 0.786. The molecule has 3 nitrogen and oxygen atoms in total. The SMILES string of the molecule is Oc1ccc2c(c1)CC(CNCC(O)c1ccc(Cl)cc1)CC2. The molecular weight excluding hydrogens is 310 g/mol. The van der Waals surface area contributed by atoms with Crippen molar-refractivity contribution in [1.82, 2.24) is 5.32 Å². The van der Waals surface area contributed by atoms with Crippen molar-refractivity contribution in [2.45, 2.75) is 25.4 Å².